The molecule has 1 rings (SSSR count). The van der Waals surface area contributed by atoms with Gasteiger partial charge in [0.15, 0.2) is 0 Å². The number of rotatable bonds is 0. The van der Waals surface area contributed by atoms with Crippen LogP contribution in [-0.4, -0.2) is 20.1 Å². The number of hydrogen-bond donors (Lipinski definition) is 1. The fourth-order valence-electron chi connectivity index (χ4n) is 0.291. The van der Waals surface area contributed by atoms with Gasteiger partial charge in [-0.2, -0.15) is 4.98 Å². The summed E-state index contributed by atoms with van der Waals surface area (Å²) >= 11 is 0. The molecule has 0 saturated carbocycles. The van der Waals surface area contributed by atoms with Crippen molar-refractivity contribution in [2.75, 3.05) is 0 Å². The number of aromatic nitrogens is 3. The van der Waals surface area contributed by atoms with Crippen LogP contribution in [0.1, 0.15) is 0 Å². The summed E-state index contributed by atoms with van der Waals surface area (Å²) in [5.74, 6) is 0. The van der Waals surface area contributed by atoms with Gasteiger partial charge in [-0.3, -0.25) is 0 Å². The van der Waals surface area contributed by atoms with Gasteiger partial charge in [0, 0.05) is 0 Å². The van der Waals surface area contributed by atoms with E-state index in [1.807, 2.05) is 0 Å². The van der Waals surface area contributed by atoms with Gasteiger partial charge in [-0.15, -0.1) is 5.10 Å². The molecule has 0 aliphatic rings. The second-order valence-electron chi connectivity index (χ2n) is 1.11. The van der Waals surface area contributed by atoms with Crippen molar-refractivity contribution in [3.8, 4) is 0 Å². The zero-order valence-electron chi connectivity index (χ0n) is 3.85. The lowest BCUT2D eigenvalue weighted by molar-refractivity contribution is 0.129. The van der Waals surface area contributed by atoms with Crippen LogP contribution >= 0.6 is 0 Å². The van der Waals surface area contributed by atoms with Crippen molar-refractivity contribution >= 4 is 0 Å². The van der Waals surface area contributed by atoms with Crippen LogP contribution < -0.4 is 5.69 Å². The fourth-order valence-corrected chi connectivity index (χ4v) is 0.291. The van der Waals surface area contributed by atoms with Gasteiger partial charge in [0.25, 0.3) is 0 Å². The average molecular weight is 113 g/mol. The molecule has 5 heteroatoms. The van der Waals surface area contributed by atoms with Crippen LogP contribution in [0.5, 0.6) is 0 Å². The molecule has 0 aliphatic carbocycles. The minimum Gasteiger partial charge on any atom is -0.407 e. The Kier molecular flexibility index (Phi) is 0.957. The highest BCUT2D eigenvalue weighted by molar-refractivity contribution is 4.62. The van der Waals surface area contributed by atoms with Crippen molar-refractivity contribution in [2.24, 2.45) is 0 Å². The summed E-state index contributed by atoms with van der Waals surface area (Å²) in [6.45, 7) is 0. The lowest BCUT2D eigenvalue weighted by Gasteiger charge is -1.85. The predicted molar refractivity (Wildman–Crippen MR) is 23.5 cm³/mol. The van der Waals surface area contributed by atoms with Crippen molar-refractivity contribution in [3.05, 3.63) is 22.9 Å². The molecule has 0 amide bonds. The van der Waals surface area contributed by atoms with E-state index in [0.29, 0.717) is 0 Å². The summed E-state index contributed by atoms with van der Waals surface area (Å²) in [6.07, 6.45) is 2.41. The molecule has 1 aromatic rings. The first-order chi connectivity index (χ1) is 3.80. The molecule has 0 fully saturated rings. The molecule has 8 heavy (non-hydrogen) atoms. The topological polar surface area (TPSA) is 68.0 Å². The Hall–Kier alpha value is -1.39. The van der Waals surface area contributed by atoms with E-state index in [2.05, 4.69) is 10.1 Å². The highest BCUT2D eigenvalue weighted by atomic mass is 16.5. The van der Waals surface area contributed by atoms with Crippen molar-refractivity contribution < 1.29 is 5.21 Å². The summed E-state index contributed by atoms with van der Waals surface area (Å²) in [5, 5.41) is 11.5. The van der Waals surface area contributed by atoms with Crippen molar-refractivity contribution in [3.63, 3.8) is 0 Å². The third-order valence-corrected chi connectivity index (χ3v) is 0.599. The third-order valence-electron chi connectivity index (χ3n) is 0.599. The molecule has 0 aromatic carbocycles. The largest absolute Gasteiger partial charge is 0.407 e. The predicted octanol–water partition coefficient (Wildman–Crippen LogP) is -1.12. The molecule has 0 radical (unpaired) electrons. The summed E-state index contributed by atoms with van der Waals surface area (Å²) in [4.78, 5) is 13.5. The van der Waals surface area contributed by atoms with Crippen LogP contribution in [0.2, 0.25) is 0 Å². The minimum absolute atomic E-state index is 0.167. The monoisotopic (exact) mass is 113 g/mol. The van der Waals surface area contributed by atoms with Gasteiger partial charge in [-0.25, -0.2) is 4.79 Å². The van der Waals surface area contributed by atoms with Gasteiger partial charge < -0.3 is 5.21 Å². The molecule has 1 aromatic heterocycles. The Labute approximate surface area is 44.2 Å². The SMILES string of the molecule is O=c1nccnn1O. The Balaban J connectivity index is 3.35. The maximum Gasteiger partial charge on any atom is 0.398 e. The zero-order chi connectivity index (χ0) is 5.98. The van der Waals surface area contributed by atoms with Crippen LogP contribution in [-0.2, 0) is 0 Å². The second kappa shape index (κ2) is 1.61. The summed E-state index contributed by atoms with van der Waals surface area (Å²) in [6, 6.07) is 0. The number of hydrogen-bond acceptors (Lipinski definition) is 4. The molecule has 1 N–H and O–H groups in total. The Morgan fingerprint density at radius 2 is 2.38 bits per heavy atom. The maximum absolute atomic E-state index is 10.2. The standard InChI is InChI=1S/C3H3N3O2/c7-3-4-1-2-5-6(3)8/h1-2,8H. The van der Waals surface area contributed by atoms with Crippen LogP contribution in [0.3, 0.4) is 0 Å². The molecule has 5 nitrogen and oxygen atoms in total. The average Bonchev–Trinajstić information content (AvgIpc) is 1.77. The van der Waals surface area contributed by atoms with Crippen molar-refractivity contribution in [1.82, 2.24) is 14.9 Å². The quantitative estimate of drug-likeness (QED) is 0.432. The Bertz CT molecular complexity index is 230. The molecule has 1 heterocycles. The third kappa shape index (κ3) is 0.651. The van der Waals surface area contributed by atoms with E-state index in [-0.39, 0.29) is 4.85 Å². The Morgan fingerprint density at radius 3 is 2.75 bits per heavy atom. The van der Waals surface area contributed by atoms with Gasteiger partial charge in [-0.05, 0) is 4.85 Å². The van der Waals surface area contributed by atoms with E-state index in [1.165, 1.54) is 12.4 Å². The molecule has 0 unspecified atom stereocenters. The molecule has 0 bridgehead atoms. The van der Waals surface area contributed by atoms with Crippen LogP contribution in [0, 0.1) is 0 Å². The highest BCUT2D eigenvalue weighted by Crippen LogP contribution is 1.58. The first kappa shape index (κ1) is 4.76. The first-order valence-corrected chi connectivity index (χ1v) is 1.90. The molecule has 0 spiro atoms. The normalized spacial score (nSPS) is 9.00. The van der Waals surface area contributed by atoms with Gasteiger partial charge >= 0.3 is 5.69 Å². The van der Waals surface area contributed by atoms with Crippen LogP contribution in [0.4, 0.5) is 0 Å². The van der Waals surface area contributed by atoms with E-state index in [4.69, 9.17) is 5.21 Å². The lowest BCUT2D eigenvalue weighted by Crippen LogP contribution is -2.21. The molecule has 0 aliphatic heterocycles. The van der Waals surface area contributed by atoms with Gasteiger partial charge in [0.2, 0.25) is 0 Å². The molecular formula is C3H3N3O2. The van der Waals surface area contributed by atoms with Crippen LogP contribution in [0.15, 0.2) is 17.2 Å². The van der Waals surface area contributed by atoms with Crippen molar-refractivity contribution in [1.29, 1.82) is 0 Å². The van der Waals surface area contributed by atoms with Crippen LogP contribution in [0.25, 0.3) is 0 Å². The molecule has 0 atom stereocenters. The van der Waals surface area contributed by atoms with E-state index < -0.39 is 5.69 Å². The smallest absolute Gasteiger partial charge is 0.398 e. The van der Waals surface area contributed by atoms with E-state index in [0.717, 1.165) is 0 Å². The fraction of sp³-hybridized carbons (Fsp3) is 0. The summed E-state index contributed by atoms with van der Waals surface area (Å²) < 4.78 is 0. The maximum atomic E-state index is 10.2. The summed E-state index contributed by atoms with van der Waals surface area (Å²) in [7, 11) is 0. The molecule has 0 saturated heterocycles. The van der Waals surface area contributed by atoms with Gasteiger partial charge in [0.1, 0.15) is 0 Å². The van der Waals surface area contributed by atoms with Gasteiger partial charge in [-0.1, -0.05) is 0 Å². The first-order valence-electron chi connectivity index (χ1n) is 1.90. The van der Waals surface area contributed by atoms with E-state index in [1.54, 1.807) is 0 Å². The van der Waals surface area contributed by atoms with Crippen molar-refractivity contribution in [2.45, 2.75) is 0 Å². The van der Waals surface area contributed by atoms with Gasteiger partial charge in [0.05, 0.1) is 12.4 Å². The summed E-state index contributed by atoms with van der Waals surface area (Å²) in [5.41, 5.74) is -0.771. The molecule has 42 valence electrons. The minimum atomic E-state index is -0.771. The molecular weight excluding hydrogens is 110 g/mol. The van der Waals surface area contributed by atoms with E-state index >= 15 is 0 Å². The number of nitrogens with zero attached hydrogens (tertiary/aromatic N) is 3. The Morgan fingerprint density at radius 1 is 1.62 bits per heavy atom. The second-order valence-corrected chi connectivity index (χ2v) is 1.11. The highest BCUT2D eigenvalue weighted by Gasteiger charge is 1.85. The zero-order valence-corrected chi connectivity index (χ0v) is 3.85. The van der Waals surface area contributed by atoms with E-state index in [9.17, 15) is 4.79 Å². The lowest BCUT2D eigenvalue weighted by atomic mass is 10.9.